The Morgan fingerprint density at radius 2 is 0.517 bits per heavy atom. The molecule has 0 saturated heterocycles. The molecular weight excluding hydrogens is 1170 g/mol. The second-order valence-corrected chi connectivity index (χ2v) is 29.6. The number of hydrogen-bond acceptors (Lipinski definition) is 15. The van der Waals surface area contributed by atoms with Crippen molar-refractivity contribution in [2.75, 3.05) is 39.6 Å². The van der Waals surface area contributed by atoms with Crippen LogP contribution in [-0.2, 0) is 65.4 Å². The van der Waals surface area contributed by atoms with Gasteiger partial charge in [0, 0.05) is 25.7 Å². The van der Waals surface area contributed by atoms with E-state index in [0.717, 1.165) is 114 Å². The van der Waals surface area contributed by atoms with Crippen LogP contribution in [0.25, 0.3) is 0 Å². The minimum atomic E-state index is -4.95. The van der Waals surface area contributed by atoms with E-state index in [4.69, 9.17) is 37.0 Å². The van der Waals surface area contributed by atoms with Crippen molar-refractivity contribution in [2.45, 2.75) is 369 Å². The van der Waals surface area contributed by atoms with Gasteiger partial charge in [0.15, 0.2) is 12.2 Å². The van der Waals surface area contributed by atoms with Crippen LogP contribution >= 0.6 is 15.6 Å². The molecule has 0 aromatic rings. The zero-order chi connectivity index (χ0) is 65.9. The van der Waals surface area contributed by atoms with E-state index in [1.807, 2.05) is 0 Å². The Morgan fingerprint density at radius 1 is 0.303 bits per heavy atom. The van der Waals surface area contributed by atoms with Crippen LogP contribution in [-0.4, -0.2) is 96.7 Å². The molecule has 0 spiro atoms. The third-order valence-electron chi connectivity index (χ3n) is 16.1. The summed E-state index contributed by atoms with van der Waals surface area (Å²) in [6.07, 6.45) is 44.8. The van der Waals surface area contributed by atoms with Gasteiger partial charge in [-0.15, -0.1) is 0 Å². The highest BCUT2D eigenvalue weighted by molar-refractivity contribution is 7.47. The topological polar surface area (TPSA) is 237 Å². The molecule has 0 aliphatic heterocycles. The lowest BCUT2D eigenvalue weighted by Gasteiger charge is -2.21. The Bertz CT molecular complexity index is 1750. The van der Waals surface area contributed by atoms with E-state index in [2.05, 4.69) is 48.5 Å². The molecular formula is C70H136O17P2. The van der Waals surface area contributed by atoms with E-state index in [-0.39, 0.29) is 25.7 Å². The molecule has 17 nitrogen and oxygen atoms in total. The van der Waals surface area contributed by atoms with Crippen molar-refractivity contribution in [1.82, 2.24) is 0 Å². The molecule has 0 aromatic carbocycles. The van der Waals surface area contributed by atoms with Gasteiger partial charge in [-0.3, -0.25) is 37.3 Å². The van der Waals surface area contributed by atoms with Crippen LogP contribution in [0.4, 0.5) is 0 Å². The zero-order valence-electron chi connectivity index (χ0n) is 57.9. The maximum Gasteiger partial charge on any atom is 0.472 e. The molecule has 0 fully saturated rings. The summed E-state index contributed by atoms with van der Waals surface area (Å²) in [6, 6.07) is 0. The standard InChI is InChI=1S/C70H136O17P2/c1-8-9-10-34-44-51-67(72)80-57-65(86-69(74)54-47-40-33-27-21-20-24-30-37-43-50-63(6)7)59-84-88(76,77)82-55-64(71)56-83-89(78,79)85-60-66(58-81-68(73)52-45-38-31-25-19-15-17-23-29-36-42-49-62(4)5)87-70(75)53-46-39-32-26-18-14-12-11-13-16-22-28-35-41-48-61(2)3/h61-66,71H,8-60H2,1-7H3,(H,76,77)(H,78,79)/t64-,65+,66+/m0/s1. The second-order valence-electron chi connectivity index (χ2n) is 26.7. The van der Waals surface area contributed by atoms with E-state index in [0.29, 0.717) is 25.7 Å². The molecule has 0 aliphatic rings. The van der Waals surface area contributed by atoms with Crippen LogP contribution < -0.4 is 0 Å². The van der Waals surface area contributed by atoms with Crippen LogP contribution in [0.5, 0.6) is 0 Å². The van der Waals surface area contributed by atoms with Gasteiger partial charge in [0.2, 0.25) is 0 Å². The molecule has 528 valence electrons. The van der Waals surface area contributed by atoms with E-state index in [1.54, 1.807) is 0 Å². The number of esters is 4. The fourth-order valence-electron chi connectivity index (χ4n) is 10.5. The highest BCUT2D eigenvalue weighted by Crippen LogP contribution is 2.45. The summed E-state index contributed by atoms with van der Waals surface area (Å²) in [4.78, 5) is 72.3. The van der Waals surface area contributed by atoms with Crippen molar-refractivity contribution in [3.8, 4) is 0 Å². The van der Waals surface area contributed by atoms with Gasteiger partial charge in [-0.05, 0) is 43.4 Å². The number of phosphoric acid groups is 2. The minimum Gasteiger partial charge on any atom is -0.462 e. The summed E-state index contributed by atoms with van der Waals surface area (Å²) in [5.74, 6) is 0.182. The van der Waals surface area contributed by atoms with E-state index in [1.165, 1.54) is 154 Å². The largest absolute Gasteiger partial charge is 0.472 e. The average Bonchev–Trinajstić information content (AvgIpc) is 3.70. The first-order valence-electron chi connectivity index (χ1n) is 36.3. The number of unbranched alkanes of at least 4 members (excludes halogenated alkanes) is 36. The summed E-state index contributed by atoms with van der Waals surface area (Å²) >= 11 is 0. The SMILES string of the molecule is CCCCCCCC(=O)OC[C@H](COP(=O)(O)OC[C@H](O)COP(=O)(O)OC[C@@H](COC(=O)CCCCCCCCCCCCCC(C)C)OC(=O)CCCCCCCCCCCCCCCCC(C)C)OC(=O)CCCCCCCCCCCCC(C)C. The Hall–Kier alpha value is -1.94. The lowest BCUT2D eigenvalue weighted by molar-refractivity contribution is -0.161. The fourth-order valence-corrected chi connectivity index (χ4v) is 12.1. The maximum absolute atomic E-state index is 13.0. The summed E-state index contributed by atoms with van der Waals surface area (Å²) in [7, 11) is -9.89. The van der Waals surface area contributed by atoms with Gasteiger partial charge in [0.25, 0.3) is 0 Å². The van der Waals surface area contributed by atoms with E-state index in [9.17, 15) is 43.2 Å². The molecule has 0 aliphatic carbocycles. The number of carbonyl (C=O) groups is 4. The molecule has 0 amide bonds. The van der Waals surface area contributed by atoms with Crippen molar-refractivity contribution in [3.63, 3.8) is 0 Å². The van der Waals surface area contributed by atoms with Crippen molar-refractivity contribution in [3.05, 3.63) is 0 Å². The van der Waals surface area contributed by atoms with Crippen LogP contribution in [0.3, 0.4) is 0 Å². The fraction of sp³-hybridized carbons (Fsp3) is 0.943. The lowest BCUT2D eigenvalue weighted by Crippen LogP contribution is -2.30. The molecule has 0 bridgehead atoms. The molecule has 0 aromatic heterocycles. The third-order valence-corrected chi connectivity index (χ3v) is 18.0. The number of aliphatic hydroxyl groups is 1. The Labute approximate surface area is 543 Å². The molecule has 0 rings (SSSR count). The maximum atomic E-state index is 13.0. The quantitative estimate of drug-likeness (QED) is 0.0222. The first-order chi connectivity index (χ1) is 42.7. The van der Waals surface area contributed by atoms with E-state index >= 15 is 0 Å². The van der Waals surface area contributed by atoms with Crippen molar-refractivity contribution in [2.24, 2.45) is 17.8 Å². The van der Waals surface area contributed by atoms with Crippen molar-refractivity contribution < 1.29 is 80.2 Å². The van der Waals surface area contributed by atoms with Gasteiger partial charge in [-0.2, -0.15) is 0 Å². The number of ether oxygens (including phenoxy) is 4. The summed E-state index contributed by atoms with van der Waals surface area (Å²) in [5, 5.41) is 10.6. The van der Waals surface area contributed by atoms with Gasteiger partial charge in [0.05, 0.1) is 26.4 Å². The minimum absolute atomic E-state index is 0.105. The Morgan fingerprint density at radius 3 is 0.764 bits per heavy atom. The Kier molecular flexibility index (Phi) is 59.6. The number of aliphatic hydroxyl groups excluding tert-OH is 1. The highest BCUT2D eigenvalue weighted by atomic mass is 31.2. The van der Waals surface area contributed by atoms with Gasteiger partial charge >= 0.3 is 39.5 Å². The first kappa shape index (κ1) is 87.1. The van der Waals surface area contributed by atoms with Gasteiger partial charge < -0.3 is 33.8 Å². The lowest BCUT2D eigenvalue weighted by atomic mass is 10.0. The number of carbonyl (C=O) groups excluding carboxylic acids is 4. The number of rotatable bonds is 68. The highest BCUT2D eigenvalue weighted by Gasteiger charge is 2.30. The smallest absolute Gasteiger partial charge is 0.462 e. The molecule has 0 radical (unpaired) electrons. The molecule has 2 unspecified atom stereocenters. The molecule has 19 heteroatoms. The van der Waals surface area contributed by atoms with Gasteiger partial charge in [-0.25, -0.2) is 9.13 Å². The van der Waals surface area contributed by atoms with E-state index < -0.39 is 97.5 Å². The predicted octanol–water partition coefficient (Wildman–Crippen LogP) is 19.8. The molecule has 0 saturated carbocycles. The second kappa shape index (κ2) is 61.0. The third kappa shape index (κ3) is 64.6. The predicted molar refractivity (Wildman–Crippen MR) is 358 cm³/mol. The molecule has 5 atom stereocenters. The molecule has 0 heterocycles. The summed E-state index contributed by atoms with van der Waals surface area (Å²) in [5.41, 5.74) is 0. The molecule has 89 heavy (non-hydrogen) atoms. The summed E-state index contributed by atoms with van der Waals surface area (Å²) < 4.78 is 68.1. The monoisotopic (exact) mass is 1310 g/mol. The Balaban J connectivity index is 5.17. The van der Waals surface area contributed by atoms with Gasteiger partial charge in [-0.1, -0.05) is 299 Å². The summed E-state index contributed by atoms with van der Waals surface area (Å²) in [6.45, 7) is 11.8. The van der Waals surface area contributed by atoms with Crippen molar-refractivity contribution in [1.29, 1.82) is 0 Å². The average molecular weight is 1310 g/mol. The normalized spacial score (nSPS) is 14.2. The number of hydrogen-bond donors (Lipinski definition) is 3. The first-order valence-corrected chi connectivity index (χ1v) is 39.3. The van der Waals surface area contributed by atoms with Crippen LogP contribution in [0.1, 0.15) is 350 Å². The van der Waals surface area contributed by atoms with Crippen LogP contribution in [0, 0.1) is 17.8 Å². The van der Waals surface area contributed by atoms with Crippen molar-refractivity contribution >= 4 is 39.5 Å². The van der Waals surface area contributed by atoms with Crippen LogP contribution in [0.2, 0.25) is 0 Å². The molecule has 3 N–H and O–H groups in total. The van der Waals surface area contributed by atoms with Gasteiger partial charge in [0.1, 0.15) is 19.3 Å². The van der Waals surface area contributed by atoms with Crippen LogP contribution in [0.15, 0.2) is 0 Å². The zero-order valence-corrected chi connectivity index (χ0v) is 59.7. The number of phosphoric ester groups is 2.